The van der Waals surface area contributed by atoms with Gasteiger partial charge in [0.25, 0.3) is 0 Å². The molecular formula is C18H24N2O4S. The van der Waals surface area contributed by atoms with E-state index in [1.54, 1.807) is 19.2 Å². The Bertz CT molecular complexity index is 634. The maximum Gasteiger partial charge on any atom is 0.331 e. The molecule has 0 bridgehead atoms. The minimum absolute atomic E-state index is 0.142. The summed E-state index contributed by atoms with van der Waals surface area (Å²) in [6.45, 7) is 1.19. The molecule has 0 radical (unpaired) electrons. The van der Waals surface area contributed by atoms with Crippen LogP contribution in [0.15, 0.2) is 17.5 Å². The molecule has 1 aromatic rings. The summed E-state index contributed by atoms with van der Waals surface area (Å²) in [5.74, 6) is -0.956. The molecule has 136 valence electrons. The van der Waals surface area contributed by atoms with Gasteiger partial charge >= 0.3 is 5.97 Å². The zero-order valence-electron chi connectivity index (χ0n) is 14.4. The van der Waals surface area contributed by atoms with Crippen LogP contribution in [-0.2, 0) is 14.4 Å². The predicted molar refractivity (Wildman–Crippen MR) is 94.1 cm³/mol. The van der Waals surface area contributed by atoms with Crippen molar-refractivity contribution in [2.45, 2.75) is 38.1 Å². The van der Waals surface area contributed by atoms with Crippen molar-refractivity contribution in [3.05, 3.63) is 22.4 Å². The lowest BCUT2D eigenvalue weighted by molar-refractivity contribution is -0.152. The van der Waals surface area contributed by atoms with E-state index in [-0.39, 0.29) is 23.7 Å². The molecule has 1 atom stereocenters. The van der Waals surface area contributed by atoms with Crippen LogP contribution < -0.4 is 0 Å². The average molecular weight is 364 g/mol. The van der Waals surface area contributed by atoms with E-state index < -0.39 is 12.0 Å². The summed E-state index contributed by atoms with van der Waals surface area (Å²) < 4.78 is 0. The summed E-state index contributed by atoms with van der Waals surface area (Å²) in [4.78, 5) is 40.6. The Morgan fingerprint density at radius 1 is 1.20 bits per heavy atom. The van der Waals surface area contributed by atoms with Crippen LogP contribution in [0.3, 0.4) is 0 Å². The number of hydrogen-bond acceptors (Lipinski definition) is 4. The highest BCUT2D eigenvalue weighted by molar-refractivity contribution is 7.10. The number of carbonyl (C=O) groups is 3. The molecule has 0 aromatic carbocycles. The van der Waals surface area contributed by atoms with E-state index in [2.05, 4.69) is 0 Å². The molecule has 7 heteroatoms. The Morgan fingerprint density at radius 2 is 1.88 bits per heavy atom. The van der Waals surface area contributed by atoms with Gasteiger partial charge in [0.05, 0.1) is 0 Å². The van der Waals surface area contributed by atoms with Gasteiger partial charge in [-0.05, 0) is 37.1 Å². The lowest BCUT2D eigenvalue weighted by atomic mass is 9.83. The van der Waals surface area contributed by atoms with Gasteiger partial charge < -0.3 is 14.9 Å². The minimum Gasteiger partial charge on any atom is -0.479 e. The number of aliphatic carboxylic acids is 1. The average Bonchev–Trinajstić information content (AvgIpc) is 3.06. The van der Waals surface area contributed by atoms with Crippen LogP contribution in [0.4, 0.5) is 0 Å². The Hall–Kier alpha value is -1.89. The zero-order chi connectivity index (χ0) is 18.0. The molecule has 1 aromatic heterocycles. The summed E-state index contributed by atoms with van der Waals surface area (Å²) in [6, 6.07) is 2.59. The first kappa shape index (κ1) is 17.9. The maximum atomic E-state index is 12.8. The second kappa shape index (κ2) is 7.56. The van der Waals surface area contributed by atoms with Gasteiger partial charge in [-0.1, -0.05) is 12.5 Å². The quantitative estimate of drug-likeness (QED) is 0.870. The van der Waals surface area contributed by atoms with Crippen molar-refractivity contribution in [1.82, 2.24) is 9.80 Å². The standard InChI is InChI=1S/C18H24N2O4S/c1-19(15(18(23)24)14-6-3-11-25-14)16(21)13-7-9-20(10-8-13)17(22)12-4-2-5-12/h3,6,11-13,15H,2,4-5,7-10H2,1H3,(H,23,24). The van der Waals surface area contributed by atoms with Gasteiger partial charge in [-0.25, -0.2) is 4.79 Å². The molecule has 25 heavy (non-hydrogen) atoms. The fraction of sp³-hybridized carbons (Fsp3) is 0.611. The molecule has 2 amide bonds. The fourth-order valence-electron chi connectivity index (χ4n) is 3.60. The molecular weight excluding hydrogens is 340 g/mol. The first-order valence-electron chi connectivity index (χ1n) is 8.80. The van der Waals surface area contributed by atoms with E-state index >= 15 is 0 Å². The van der Waals surface area contributed by atoms with Crippen LogP contribution in [-0.4, -0.2) is 52.8 Å². The lowest BCUT2D eigenvalue weighted by Crippen LogP contribution is -2.47. The number of carbonyl (C=O) groups excluding carboxylic acids is 2. The van der Waals surface area contributed by atoms with E-state index in [9.17, 15) is 19.5 Å². The van der Waals surface area contributed by atoms with E-state index in [0.29, 0.717) is 30.8 Å². The molecule has 2 fully saturated rings. The first-order chi connectivity index (χ1) is 12.0. The van der Waals surface area contributed by atoms with E-state index in [4.69, 9.17) is 0 Å². The normalized spacial score (nSPS) is 20.0. The second-order valence-corrected chi connectivity index (χ2v) is 7.91. The summed E-state index contributed by atoms with van der Waals surface area (Å²) >= 11 is 1.34. The van der Waals surface area contributed by atoms with Crippen molar-refractivity contribution in [3.63, 3.8) is 0 Å². The Balaban J connectivity index is 1.59. The number of likely N-dealkylation sites (tertiary alicyclic amines) is 1. The SMILES string of the molecule is CN(C(=O)C1CCN(C(=O)C2CCC2)CC1)C(C(=O)O)c1cccs1. The molecule has 1 aliphatic heterocycles. The van der Waals surface area contributed by atoms with Gasteiger partial charge in [-0.15, -0.1) is 11.3 Å². The van der Waals surface area contributed by atoms with Gasteiger partial charge in [0.2, 0.25) is 11.8 Å². The predicted octanol–water partition coefficient (Wildman–Crippen LogP) is 2.37. The maximum absolute atomic E-state index is 12.8. The zero-order valence-corrected chi connectivity index (χ0v) is 15.2. The van der Waals surface area contributed by atoms with Gasteiger partial charge in [0.1, 0.15) is 0 Å². The summed E-state index contributed by atoms with van der Waals surface area (Å²) in [5, 5.41) is 11.3. The molecule has 0 spiro atoms. The van der Waals surface area contributed by atoms with Gasteiger partial charge in [-0.3, -0.25) is 9.59 Å². The summed E-state index contributed by atoms with van der Waals surface area (Å²) in [5.41, 5.74) is 0. The number of likely N-dealkylation sites (N-methyl/N-ethyl adjacent to an activating group) is 1. The van der Waals surface area contributed by atoms with Crippen LogP contribution >= 0.6 is 11.3 Å². The number of carboxylic acid groups (broad SMARTS) is 1. The van der Waals surface area contributed by atoms with Gasteiger partial charge in [-0.2, -0.15) is 0 Å². The van der Waals surface area contributed by atoms with Crippen molar-refractivity contribution in [2.24, 2.45) is 11.8 Å². The van der Waals surface area contributed by atoms with Crippen molar-refractivity contribution >= 4 is 29.1 Å². The number of hydrogen-bond donors (Lipinski definition) is 1. The second-order valence-electron chi connectivity index (χ2n) is 6.93. The number of thiophene rings is 1. The van der Waals surface area contributed by atoms with Gasteiger partial charge in [0.15, 0.2) is 6.04 Å². The summed E-state index contributed by atoms with van der Waals surface area (Å²) in [6.07, 6.45) is 4.33. The molecule has 2 heterocycles. The fourth-order valence-corrected chi connectivity index (χ4v) is 4.46. The minimum atomic E-state index is -1.02. The highest BCUT2D eigenvalue weighted by Gasteiger charge is 2.37. The highest BCUT2D eigenvalue weighted by Crippen LogP contribution is 2.31. The van der Waals surface area contributed by atoms with Crippen LogP contribution in [0.2, 0.25) is 0 Å². The Kier molecular flexibility index (Phi) is 5.42. The van der Waals surface area contributed by atoms with Gasteiger partial charge in [0, 0.05) is 36.9 Å². The molecule has 1 unspecified atom stereocenters. The number of amides is 2. The molecule has 3 rings (SSSR count). The number of piperidine rings is 1. The Labute approximate surface area is 151 Å². The van der Waals surface area contributed by atoms with Crippen molar-refractivity contribution < 1.29 is 19.5 Å². The van der Waals surface area contributed by atoms with Crippen molar-refractivity contribution in [3.8, 4) is 0 Å². The van der Waals surface area contributed by atoms with Crippen molar-refractivity contribution in [2.75, 3.05) is 20.1 Å². The third-order valence-electron chi connectivity index (χ3n) is 5.39. The smallest absolute Gasteiger partial charge is 0.331 e. The number of nitrogens with zero attached hydrogens (tertiary/aromatic N) is 2. The summed E-state index contributed by atoms with van der Waals surface area (Å²) in [7, 11) is 1.56. The highest BCUT2D eigenvalue weighted by atomic mass is 32.1. The third-order valence-corrected chi connectivity index (χ3v) is 6.32. The molecule has 1 saturated heterocycles. The van der Waals surface area contributed by atoms with Crippen LogP contribution in [0.25, 0.3) is 0 Å². The third kappa shape index (κ3) is 3.71. The van der Waals surface area contributed by atoms with Crippen LogP contribution in [0, 0.1) is 11.8 Å². The first-order valence-corrected chi connectivity index (χ1v) is 9.68. The van der Waals surface area contributed by atoms with Crippen LogP contribution in [0.5, 0.6) is 0 Å². The van der Waals surface area contributed by atoms with E-state index in [0.717, 1.165) is 19.3 Å². The number of carboxylic acids is 1. The monoisotopic (exact) mass is 364 g/mol. The molecule has 1 aliphatic carbocycles. The van der Waals surface area contributed by atoms with Crippen molar-refractivity contribution in [1.29, 1.82) is 0 Å². The largest absolute Gasteiger partial charge is 0.479 e. The molecule has 2 aliphatic rings. The molecule has 1 saturated carbocycles. The molecule has 6 nitrogen and oxygen atoms in total. The topological polar surface area (TPSA) is 77.9 Å². The Morgan fingerprint density at radius 3 is 2.36 bits per heavy atom. The lowest BCUT2D eigenvalue weighted by Gasteiger charge is -2.37. The van der Waals surface area contributed by atoms with E-state index in [1.807, 2.05) is 10.3 Å². The number of rotatable bonds is 5. The van der Waals surface area contributed by atoms with Crippen LogP contribution in [0.1, 0.15) is 43.0 Å². The molecule has 1 N–H and O–H groups in total. The van der Waals surface area contributed by atoms with E-state index in [1.165, 1.54) is 16.2 Å².